The summed E-state index contributed by atoms with van der Waals surface area (Å²) in [6, 6.07) is 8.04. The Morgan fingerprint density at radius 1 is 1.29 bits per heavy atom. The zero-order chi connectivity index (χ0) is 15.7. The molecule has 0 saturated heterocycles. The molecule has 2 N–H and O–H groups in total. The standard InChI is InChI=1S/C17H27NO3/c1-4-14-10-6-7-11-15(14)21-13-9-8-12-17(3,16(19)20)18-5-2/h6-7,10-11,18H,4-5,8-9,12-13H2,1-3H3,(H,19,20). The van der Waals surface area contributed by atoms with Gasteiger partial charge in [0.1, 0.15) is 11.3 Å². The van der Waals surface area contributed by atoms with Crippen molar-refractivity contribution >= 4 is 5.97 Å². The number of hydrogen-bond acceptors (Lipinski definition) is 3. The van der Waals surface area contributed by atoms with Gasteiger partial charge >= 0.3 is 5.97 Å². The molecule has 0 bridgehead atoms. The van der Waals surface area contributed by atoms with Crippen molar-refractivity contribution in [2.45, 2.75) is 52.0 Å². The van der Waals surface area contributed by atoms with Gasteiger partial charge in [-0.05, 0) is 50.8 Å². The summed E-state index contributed by atoms with van der Waals surface area (Å²) >= 11 is 0. The Hall–Kier alpha value is -1.55. The normalized spacial score (nSPS) is 13.7. The van der Waals surface area contributed by atoms with Gasteiger partial charge in [-0.2, -0.15) is 0 Å². The first-order chi connectivity index (χ1) is 10.0. The van der Waals surface area contributed by atoms with Crippen molar-refractivity contribution in [3.8, 4) is 5.75 Å². The van der Waals surface area contributed by atoms with Gasteiger partial charge in [-0.15, -0.1) is 0 Å². The van der Waals surface area contributed by atoms with Gasteiger partial charge in [-0.1, -0.05) is 32.0 Å². The first-order valence-corrected chi connectivity index (χ1v) is 7.72. The second-order valence-corrected chi connectivity index (χ2v) is 5.43. The lowest BCUT2D eigenvalue weighted by Crippen LogP contribution is -2.49. The fourth-order valence-corrected chi connectivity index (χ4v) is 2.36. The fraction of sp³-hybridized carbons (Fsp3) is 0.588. The summed E-state index contributed by atoms with van der Waals surface area (Å²) in [4.78, 5) is 11.3. The van der Waals surface area contributed by atoms with Gasteiger partial charge in [0.25, 0.3) is 0 Å². The van der Waals surface area contributed by atoms with Crippen LogP contribution in [-0.2, 0) is 11.2 Å². The van der Waals surface area contributed by atoms with Crippen LogP contribution >= 0.6 is 0 Å². The number of para-hydroxylation sites is 1. The number of carbonyl (C=O) groups is 1. The van der Waals surface area contributed by atoms with Gasteiger partial charge in [-0.3, -0.25) is 4.79 Å². The van der Waals surface area contributed by atoms with Crippen molar-refractivity contribution in [2.75, 3.05) is 13.2 Å². The average molecular weight is 293 g/mol. The van der Waals surface area contributed by atoms with Gasteiger partial charge in [0.15, 0.2) is 0 Å². The highest BCUT2D eigenvalue weighted by atomic mass is 16.5. The molecule has 0 amide bonds. The quantitative estimate of drug-likeness (QED) is 0.650. The van der Waals surface area contributed by atoms with E-state index in [0.717, 1.165) is 25.0 Å². The maximum absolute atomic E-state index is 11.3. The Labute approximate surface area is 127 Å². The van der Waals surface area contributed by atoms with Crippen LogP contribution in [0.15, 0.2) is 24.3 Å². The van der Waals surface area contributed by atoms with Crippen molar-refractivity contribution in [1.29, 1.82) is 0 Å². The number of carboxylic acid groups (broad SMARTS) is 1. The maximum Gasteiger partial charge on any atom is 0.323 e. The molecule has 1 unspecified atom stereocenters. The second kappa shape index (κ2) is 8.67. The van der Waals surface area contributed by atoms with E-state index >= 15 is 0 Å². The summed E-state index contributed by atoms with van der Waals surface area (Å²) in [5.74, 6) is 0.147. The van der Waals surface area contributed by atoms with Crippen LogP contribution in [0.25, 0.3) is 0 Å². The van der Waals surface area contributed by atoms with Crippen LogP contribution in [0.2, 0.25) is 0 Å². The lowest BCUT2D eigenvalue weighted by Gasteiger charge is -2.25. The third kappa shape index (κ3) is 5.38. The Morgan fingerprint density at radius 3 is 2.62 bits per heavy atom. The summed E-state index contributed by atoms with van der Waals surface area (Å²) in [7, 11) is 0. The van der Waals surface area contributed by atoms with E-state index in [-0.39, 0.29) is 0 Å². The highest BCUT2D eigenvalue weighted by Crippen LogP contribution is 2.19. The number of likely N-dealkylation sites (N-methyl/N-ethyl adjacent to an activating group) is 1. The van der Waals surface area contributed by atoms with E-state index in [1.807, 2.05) is 25.1 Å². The molecule has 0 radical (unpaired) electrons. The third-order valence-electron chi connectivity index (χ3n) is 3.72. The lowest BCUT2D eigenvalue weighted by molar-refractivity contribution is -0.144. The first kappa shape index (κ1) is 17.5. The van der Waals surface area contributed by atoms with Crippen molar-refractivity contribution < 1.29 is 14.6 Å². The largest absolute Gasteiger partial charge is 0.493 e. The number of rotatable bonds is 10. The summed E-state index contributed by atoms with van der Waals surface area (Å²) in [5, 5.41) is 12.3. The van der Waals surface area contributed by atoms with Gasteiger partial charge in [-0.25, -0.2) is 0 Å². The van der Waals surface area contributed by atoms with Crippen LogP contribution < -0.4 is 10.1 Å². The van der Waals surface area contributed by atoms with Crippen molar-refractivity contribution in [3.05, 3.63) is 29.8 Å². The predicted molar refractivity (Wildman–Crippen MR) is 84.9 cm³/mol. The van der Waals surface area contributed by atoms with Gasteiger partial charge in [0, 0.05) is 0 Å². The number of aryl methyl sites for hydroxylation is 1. The molecule has 0 aromatic heterocycles. The number of aliphatic carboxylic acids is 1. The number of hydrogen-bond donors (Lipinski definition) is 2. The number of carboxylic acids is 1. The van der Waals surface area contributed by atoms with Gasteiger partial charge in [0.05, 0.1) is 6.61 Å². The highest BCUT2D eigenvalue weighted by molar-refractivity contribution is 5.78. The van der Waals surface area contributed by atoms with Crippen LogP contribution in [-0.4, -0.2) is 29.8 Å². The van der Waals surface area contributed by atoms with E-state index in [4.69, 9.17) is 4.74 Å². The third-order valence-corrected chi connectivity index (χ3v) is 3.72. The smallest absolute Gasteiger partial charge is 0.323 e. The molecule has 1 aromatic carbocycles. The monoisotopic (exact) mass is 293 g/mol. The predicted octanol–water partition coefficient (Wildman–Crippen LogP) is 3.25. The second-order valence-electron chi connectivity index (χ2n) is 5.43. The van der Waals surface area contributed by atoms with Crippen LogP contribution in [0.5, 0.6) is 5.75 Å². The number of ether oxygens (including phenoxy) is 1. The minimum atomic E-state index is -0.837. The minimum absolute atomic E-state index is 0.606. The van der Waals surface area contributed by atoms with Crippen LogP contribution in [0.3, 0.4) is 0 Å². The lowest BCUT2D eigenvalue weighted by atomic mass is 9.95. The molecule has 0 heterocycles. The van der Waals surface area contributed by atoms with Crippen LogP contribution in [0, 0.1) is 0 Å². The highest BCUT2D eigenvalue weighted by Gasteiger charge is 2.30. The number of unbranched alkanes of at least 4 members (excludes halogenated alkanes) is 1. The van der Waals surface area contributed by atoms with Gasteiger partial charge in [0.2, 0.25) is 0 Å². The van der Waals surface area contributed by atoms with E-state index in [1.165, 1.54) is 5.56 Å². The Bertz CT molecular complexity index is 447. The summed E-state index contributed by atoms with van der Waals surface area (Å²) in [6.45, 7) is 7.05. The zero-order valence-electron chi connectivity index (χ0n) is 13.3. The Kier molecular flexibility index (Phi) is 7.23. The molecule has 4 heteroatoms. The SMILES string of the molecule is CCNC(C)(CCCCOc1ccccc1CC)C(=O)O. The number of nitrogens with one attached hydrogen (secondary N) is 1. The molecule has 1 aromatic rings. The Morgan fingerprint density at radius 2 is 2.00 bits per heavy atom. The van der Waals surface area contributed by atoms with E-state index in [9.17, 15) is 9.90 Å². The van der Waals surface area contributed by atoms with E-state index in [1.54, 1.807) is 6.92 Å². The molecule has 1 rings (SSSR count). The molecule has 0 aliphatic heterocycles. The van der Waals surface area contributed by atoms with E-state index < -0.39 is 11.5 Å². The van der Waals surface area contributed by atoms with Crippen LogP contribution in [0.1, 0.15) is 45.6 Å². The summed E-state index contributed by atoms with van der Waals surface area (Å²) < 4.78 is 5.80. The molecule has 0 saturated carbocycles. The first-order valence-electron chi connectivity index (χ1n) is 7.72. The minimum Gasteiger partial charge on any atom is -0.493 e. The molecular formula is C17H27NO3. The fourth-order valence-electron chi connectivity index (χ4n) is 2.36. The van der Waals surface area contributed by atoms with Crippen molar-refractivity contribution in [1.82, 2.24) is 5.32 Å². The molecule has 0 spiro atoms. The van der Waals surface area contributed by atoms with Gasteiger partial charge < -0.3 is 15.2 Å². The Balaban J connectivity index is 2.35. The molecule has 21 heavy (non-hydrogen) atoms. The van der Waals surface area contributed by atoms with Crippen molar-refractivity contribution in [2.24, 2.45) is 0 Å². The van der Waals surface area contributed by atoms with E-state index in [2.05, 4.69) is 18.3 Å². The molecular weight excluding hydrogens is 266 g/mol. The molecule has 0 fully saturated rings. The topological polar surface area (TPSA) is 58.6 Å². The molecule has 4 nitrogen and oxygen atoms in total. The average Bonchev–Trinajstić information content (AvgIpc) is 2.47. The summed E-state index contributed by atoms with van der Waals surface area (Å²) in [5.41, 5.74) is 0.372. The maximum atomic E-state index is 11.3. The zero-order valence-corrected chi connectivity index (χ0v) is 13.3. The molecule has 118 valence electrons. The molecule has 1 atom stereocenters. The van der Waals surface area contributed by atoms with E-state index in [0.29, 0.717) is 19.6 Å². The summed E-state index contributed by atoms with van der Waals surface area (Å²) in [6.07, 6.45) is 3.24. The molecule has 0 aliphatic rings. The number of benzene rings is 1. The van der Waals surface area contributed by atoms with Crippen LogP contribution in [0.4, 0.5) is 0 Å². The van der Waals surface area contributed by atoms with Crippen molar-refractivity contribution in [3.63, 3.8) is 0 Å². The molecule has 0 aliphatic carbocycles.